The molecule has 10 aliphatic rings. The third-order valence-electron chi connectivity index (χ3n) is 21.4. The van der Waals surface area contributed by atoms with Crippen molar-refractivity contribution in [3.05, 3.63) is 110 Å². The minimum absolute atomic E-state index is 0.0902. The van der Waals surface area contributed by atoms with E-state index < -0.39 is 0 Å². The van der Waals surface area contributed by atoms with Gasteiger partial charge in [0.2, 0.25) is 0 Å². The van der Waals surface area contributed by atoms with Gasteiger partial charge in [-0.3, -0.25) is 0 Å². The van der Waals surface area contributed by atoms with Crippen LogP contribution in [0, 0.1) is 40.4 Å². The fraction of sp³-hybridized carbons (Fsp3) is 0.500. The van der Waals surface area contributed by atoms with E-state index in [1.165, 1.54) is 140 Å². The fourth-order valence-electron chi connectivity index (χ4n) is 18.9. The number of aromatic nitrogens is 1. The number of nitriles is 1. The fourth-order valence-corrected chi connectivity index (χ4v) is 18.9. The summed E-state index contributed by atoms with van der Waals surface area (Å²) in [6.07, 6.45) is 11.3. The molecule has 2 heterocycles. The van der Waals surface area contributed by atoms with Gasteiger partial charge in [0, 0.05) is 32.4 Å². The minimum Gasteiger partial charge on any atom is -0.308 e. The zero-order chi connectivity index (χ0) is 43.4. The third-order valence-corrected chi connectivity index (χ3v) is 21.4. The Kier molecular flexibility index (Phi) is 6.00. The molecule has 17 rings (SSSR count). The van der Waals surface area contributed by atoms with Gasteiger partial charge in [0.15, 0.2) is 0 Å². The Balaban J connectivity index is 1.06. The summed E-state index contributed by atoms with van der Waals surface area (Å²) in [4.78, 5) is 0. The molecule has 0 amide bonds. The zero-order valence-electron chi connectivity index (χ0n) is 39.8. The molecule has 10 aliphatic carbocycles. The Morgan fingerprint density at radius 1 is 0.547 bits per heavy atom. The predicted octanol–water partition coefficient (Wildman–Crippen LogP) is 15.9. The van der Waals surface area contributed by atoms with E-state index in [0.29, 0.717) is 11.3 Å². The van der Waals surface area contributed by atoms with Crippen molar-refractivity contribution in [2.45, 2.75) is 166 Å². The maximum absolute atomic E-state index is 11.4. The lowest BCUT2D eigenvalue weighted by Crippen LogP contribution is -2.68. The minimum atomic E-state index is -0.264. The van der Waals surface area contributed by atoms with Gasteiger partial charge in [-0.15, -0.1) is 0 Å². The van der Waals surface area contributed by atoms with Gasteiger partial charge in [0.25, 0.3) is 0 Å². The summed E-state index contributed by atoms with van der Waals surface area (Å²) in [6.45, 7) is 24.6. The highest BCUT2D eigenvalue weighted by molar-refractivity contribution is 6.31. The van der Waals surface area contributed by atoms with Gasteiger partial charge in [0.1, 0.15) is 0 Å². The van der Waals surface area contributed by atoms with Crippen molar-refractivity contribution in [1.82, 2.24) is 4.40 Å². The van der Waals surface area contributed by atoms with Crippen molar-refractivity contribution >= 4 is 38.1 Å². The average Bonchev–Trinajstić information content (AvgIpc) is 3.91. The van der Waals surface area contributed by atoms with Crippen LogP contribution in [-0.4, -0.2) is 4.40 Å². The second-order valence-corrected chi connectivity index (χ2v) is 26.8. The number of hydrogen-bond donors (Lipinski definition) is 0. The van der Waals surface area contributed by atoms with Crippen LogP contribution in [0.1, 0.15) is 205 Å². The van der Waals surface area contributed by atoms with E-state index in [4.69, 9.17) is 0 Å². The van der Waals surface area contributed by atoms with E-state index in [1.54, 1.807) is 27.8 Å². The lowest BCUT2D eigenvalue weighted by Gasteiger charge is -2.76. The molecule has 2 aromatic heterocycles. The molecule has 5 aromatic carbocycles. The second kappa shape index (κ2) is 10.5. The van der Waals surface area contributed by atoms with E-state index in [-0.39, 0.29) is 21.7 Å². The first-order valence-corrected chi connectivity index (χ1v) is 25.6. The highest BCUT2D eigenvalue weighted by atomic mass is 14.9. The smallest absolute Gasteiger partial charge is 0.0995 e. The average molecular weight is 835 g/mol. The zero-order valence-corrected chi connectivity index (χ0v) is 39.8. The van der Waals surface area contributed by atoms with Crippen molar-refractivity contribution in [2.75, 3.05) is 0 Å². The Morgan fingerprint density at radius 3 is 1.70 bits per heavy atom. The topological polar surface area (TPSA) is 28.2 Å². The molecule has 5 saturated carbocycles. The highest BCUT2D eigenvalue weighted by Gasteiger charge is 2.78. The lowest BCUT2D eigenvalue weighted by molar-refractivity contribution is -0.240. The van der Waals surface area contributed by atoms with E-state index >= 15 is 0 Å². The van der Waals surface area contributed by atoms with E-state index in [0.717, 1.165) is 47.0 Å². The summed E-state index contributed by atoms with van der Waals surface area (Å²) in [5.41, 5.74) is 26.0. The first-order chi connectivity index (χ1) is 30.4. The van der Waals surface area contributed by atoms with Crippen molar-refractivity contribution in [3.63, 3.8) is 0 Å². The van der Waals surface area contributed by atoms with Crippen LogP contribution in [-0.2, 0) is 21.7 Å². The molecule has 1 spiro atoms. The molecule has 0 radical (unpaired) electrons. The molecule has 0 N–H and O–H groups in total. The van der Waals surface area contributed by atoms with Crippen LogP contribution in [0.25, 0.3) is 60.3 Å². The first kappa shape index (κ1) is 36.6. The van der Waals surface area contributed by atoms with Crippen LogP contribution in [0.5, 0.6) is 0 Å². The van der Waals surface area contributed by atoms with Crippen molar-refractivity contribution in [2.24, 2.45) is 29.1 Å². The van der Waals surface area contributed by atoms with Gasteiger partial charge in [-0.1, -0.05) is 106 Å². The SMILES string of the molecule is CC(C)(C)c1cc(C(C)(C)C)c2c3c4c(c(C#N)cc3n3c5ccc6c(c5c1c23)-c1cc2c(cc1C6(C)C)C1CC3CC(CC2C3)C1)C(C)(C)c1cc2c(cc1-4)C1CC3CC4CC2C341. The van der Waals surface area contributed by atoms with Gasteiger partial charge in [-0.2, -0.15) is 5.26 Å². The van der Waals surface area contributed by atoms with Crippen LogP contribution in [0.15, 0.2) is 48.5 Å². The molecular weight excluding hydrogens is 773 g/mol. The lowest BCUT2D eigenvalue weighted by atomic mass is 9.28. The standard InChI is InChI=1S/C62H62N2/c1-58(2,3)46-26-47(59(4,5)6)53-55-49(18-32(27-63)56-51(55)40-23-37-38(25-43(40)61(56,9)10)45-21-34-19-33-20-44(37)62(33,34)45)64-48-12-11-41-50(54(48)52(46)57(53)64)39-22-35-30-14-28-13-29(15-30)17-31(16-28)36(35)24-42(39)60(41,7)8/h11-12,18,22-26,28-31,33-34,44-45H,13-17,19-21H2,1-10H3. The Hall–Kier alpha value is -4.61. The monoisotopic (exact) mass is 834 g/mol. The normalized spacial score (nSPS) is 32.0. The Morgan fingerprint density at radius 2 is 1.09 bits per heavy atom. The molecule has 7 aromatic rings. The van der Waals surface area contributed by atoms with Crippen LogP contribution in [0.4, 0.5) is 0 Å². The molecule has 320 valence electrons. The van der Waals surface area contributed by atoms with Gasteiger partial charge in [0.05, 0.1) is 28.2 Å². The van der Waals surface area contributed by atoms with Crippen molar-refractivity contribution in [1.29, 1.82) is 5.26 Å². The Bertz CT molecular complexity index is 3470. The van der Waals surface area contributed by atoms with Crippen LogP contribution in [0.2, 0.25) is 0 Å². The van der Waals surface area contributed by atoms with Gasteiger partial charge >= 0.3 is 0 Å². The molecule has 2 nitrogen and oxygen atoms in total. The summed E-state index contributed by atoms with van der Waals surface area (Å²) in [7, 11) is 0. The van der Waals surface area contributed by atoms with Gasteiger partial charge in [-0.25, -0.2) is 0 Å². The molecule has 64 heavy (non-hydrogen) atoms. The molecule has 5 fully saturated rings. The maximum Gasteiger partial charge on any atom is 0.0995 e. The summed E-state index contributed by atoms with van der Waals surface area (Å²) >= 11 is 0. The maximum atomic E-state index is 11.4. The molecule has 0 aliphatic heterocycles. The van der Waals surface area contributed by atoms with Crippen molar-refractivity contribution in [3.8, 4) is 28.3 Å². The van der Waals surface area contributed by atoms with Gasteiger partial charge < -0.3 is 4.40 Å². The summed E-state index contributed by atoms with van der Waals surface area (Å²) in [5, 5.41) is 17.1. The van der Waals surface area contributed by atoms with Crippen LogP contribution < -0.4 is 0 Å². The van der Waals surface area contributed by atoms with Crippen LogP contribution >= 0.6 is 0 Å². The number of rotatable bonds is 0. The van der Waals surface area contributed by atoms with E-state index in [9.17, 15) is 5.26 Å². The van der Waals surface area contributed by atoms with E-state index in [1.807, 2.05) is 0 Å². The van der Waals surface area contributed by atoms with E-state index in [2.05, 4.69) is 128 Å². The third kappa shape index (κ3) is 3.69. The molecule has 7 unspecified atom stereocenters. The highest BCUT2D eigenvalue weighted by Crippen LogP contribution is 2.88. The summed E-state index contributed by atoms with van der Waals surface area (Å²) in [5.74, 6) is 6.67. The molecule has 4 bridgehead atoms. The largest absolute Gasteiger partial charge is 0.308 e. The predicted molar refractivity (Wildman–Crippen MR) is 263 cm³/mol. The number of benzene rings is 5. The van der Waals surface area contributed by atoms with Crippen molar-refractivity contribution < 1.29 is 0 Å². The second-order valence-electron chi connectivity index (χ2n) is 26.8. The van der Waals surface area contributed by atoms with Gasteiger partial charge in [-0.05, 0) is 205 Å². The van der Waals surface area contributed by atoms with Crippen LogP contribution in [0.3, 0.4) is 0 Å². The number of nitrogens with zero attached hydrogens (tertiary/aromatic N) is 2. The summed E-state index contributed by atoms with van der Waals surface area (Å²) < 4.78 is 2.68. The number of fused-ring (bicyclic) bond motifs is 17. The number of hydrogen-bond acceptors (Lipinski definition) is 1. The molecule has 2 heteroatoms. The summed E-state index contributed by atoms with van der Waals surface area (Å²) in [6, 6.07) is 23.8. The molecular formula is C62H62N2. The first-order valence-electron chi connectivity index (χ1n) is 25.6. The molecule has 0 saturated heterocycles. The molecule has 7 atom stereocenters. The Labute approximate surface area is 379 Å². The quantitative estimate of drug-likeness (QED) is 0.150.